The van der Waals surface area contributed by atoms with Crippen LogP contribution >= 0.6 is 11.6 Å². The standard InChI is InChI=1S/C30H30ClN3O4/c1-19-14-23(21-10-5-6-11-25(21)35)24(31)15-22(19)27-28(32)30(38-29(27)37)12-7-13-34(18-30)17-26(36)33-16-20-8-3-2-4-9-20/h2-6,8-11,14-15,35H,7,12-13,16-18,32H2,1H3,(H,33,36). The largest absolute Gasteiger partial charge is 0.507 e. The normalized spacial score (nSPS) is 19.6. The molecule has 196 valence electrons. The molecule has 4 N–H and O–H groups in total. The Kier molecular flexibility index (Phi) is 7.15. The van der Waals surface area contributed by atoms with Crippen LogP contribution in [0.3, 0.4) is 0 Å². The van der Waals surface area contributed by atoms with Gasteiger partial charge in [0.2, 0.25) is 5.91 Å². The number of nitrogens with two attached hydrogens (primary N) is 1. The first-order valence-corrected chi connectivity index (χ1v) is 13.0. The van der Waals surface area contributed by atoms with Crippen molar-refractivity contribution in [3.63, 3.8) is 0 Å². The van der Waals surface area contributed by atoms with Gasteiger partial charge in [-0.05, 0) is 61.2 Å². The minimum Gasteiger partial charge on any atom is -0.507 e. The van der Waals surface area contributed by atoms with E-state index in [1.54, 1.807) is 24.3 Å². The van der Waals surface area contributed by atoms with Gasteiger partial charge in [0.1, 0.15) is 5.75 Å². The van der Waals surface area contributed by atoms with Crippen molar-refractivity contribution in [3.8, 4) is 16.9 Å². The minimum atomic E-state index is -0.986. The van der Waals surface area contributed by atoms with Crippen LogP contribution in [0.5, 0.6) is 5.75 Å². The quantitative estimate of drug-likeness (QED) is 0.407. The predicted molar refractivity (Wildman–Crippen MR) is 147 cm³/mol. The van der Waals surface area contributed by atoms with E-state index in [-0.39, 0.29) is 18.2 Å². The second-order valence-corrected chi connectivity index (χ2v) is 10.3. The van der Waals surface area contributed by atoms with Crippen molar-refractivity contribution in [2.24, 2.45) is 5.73 Å². The molecule has 0 bridgehead atoms. The van der Waals surface area contributed by atoms with Gasteiger partial charge in [0.15, 0.2) is 5.60 Å². The van der Waals surface area contributed by atoms with E-state index in [9.17, 15) is 14.7 Å². The van der Waals surface area contributed by atoms with Crippen LogP contribution < -0.4 is 11.1 Å². The van der Waals surface area contributed by atoms with Gasteiger partial charge in [-0.2, -0.15) is 0 Å². The summed E-state index contributed by atoms with van der Waals surface area (Å²) in [4.78, 5) is 27.8. The number of carbonyl (C=O) groups excluding carboxylic acids is 2. The summed E-state index contributed by atoms with van der Waals surface area (Å²) in [5, 5.41) is 13.6. The molecule has 1 amide bonds. The maximum atomic E-state index is 13.2. The lowest BCUT2D eigenvalue weighted by atomic mass is 9.86. The number of para-hydroxylation sites is 1. The van der Waals surface area contributed by atoms with E-state index in [0.29, 0.717) is 59.0 Å². The Bertz CT molecular complexity index is 1420. The molecular weight excluding hydrogens is 502 g/mol. The third kappa shape index (κ3) is 4.99. The molecule has 0 saturated carbocycles. The van der Waals surface area contributed by atoms with Gasteiger partial charge in [0.25, 0.3) is 0 Å². The summed E-state index contributed by atoms with van der Waals surface area (Å²) in [7, 11) is 0. The molecule has 0 aliphatic carbocycles. The van der Waals surface area contributed by atoms with Gasteiger partial charge < -0.3 is 20.9 Å². The summed E-state index contributed by atoms with van der Waals surface area (Å²) in [6.45, 7) is 3.57. The molecule has 1 fully saturated rings. The summed E-state index contributed by atoms with van der Waals surface area (Å²) in [5.41, 5.74) is 10.0. The fraction of sp³-hybridized carbons (Fsp3) is 0.267. The summed E-state index contributed by atoms with van der Waals surface area (Å²) in [6, 6.07) is 20.2. The zero-order valence-electron chi connectivity index (χ0n) is 21.2. The van der Waals surface area contributed by atoms with Crippen molar-refractivity contribution >= 4 is 29.1 Å². The summed E-state index contributed by atoms with van der Waals surface area (Å²) < 4.78 is 5.94. The smallest absolute Gasteiger partial charge is 0.341 e. The van der Waals surface area contributed by atoms with Crippen LogP contribution in [0.15, 0.2) is 72.4 Å². The summed E-state index contributed by atoms with van der Waals surface area (Å²) >= 11 is 6.63. The highest BCUT2D eigenvalue weighted by atomic mass is 35.5. The van der Waals surface area contributed by atoms with Crippen LogP contribution in [0.25, 0.3) is 16.7 Å². The highest BCUT2D eigenvalue weighted by Gasteiger charge is 2.49. The van der Waals surface area contributed by atoms with Crippen LogP contribution in [0.1, 0.15) is 29.5 Å². The highest BCUT2D eigenvalue weighted by molar-refractivity contribution is 6.34. The third-order valence-electron chi connectivity index (χ3n) is 7.26. The topological polar surface area (TPSA) is 105 Å². The van der Waals surface area contributed by atoms with Gasteiger partial charge in [0, 0.05) is 29.2 Å². The molecule has 5 rings (SSSR count). The number of amides is 1. The number of nitrogens with zero attached hydrogens (tertiary/aromatic N) is 1. The van der Waals surface area contributed by atoms with Crippen molar-refractivity contribution in [3.05, 3.63) is 94.1 Å². The Morgan fingerprint density at radius 2 is 1.84 bits per heavy atom. The van der Waals surface area contributed by atoms with Gasteiger partial charge in [0.05, 0.1) is 17.8 Å². The number of nitrogens with one attached hydrogen (secondary N) is 1. The summed E-state index contributed by atoms with van der Waals surface area (Å²) in [6.07, 6.45) is 1.32. The Morgan fingerprint density at radius 3 is 2.61 bits per heavy atom. The van der Waals surface area contributed by atoms with E-state index in [1.807, 2.05) is 54.3 Å². The number of benzene rings is 3. The molecule has 8 heteroatoms. The average Bonchev–Trinajstić information content (AvgIpc) is 3.13. The number of ether oxygens (including phenoxy) is 1. The van der Waals surface area contributed by atoms with Crippen LogP contribution in [0.2, 0.25) is 5.02 Å². The number of aromatic hydroxyl groups is 1. The number of phenols is 1. The van der Waals surface area contributed by atoms with Crippen molar-refractivity contribution in [1.82, 2.24) is 10.2 Å². The lowest BCUT2D eigenvalue weighted by molar-refractivity contribution is -0.149. The Morgan fingerprint density at radius 1 is 1.11 bits per heavy atom. The molecule has 0 radical (unpaired) electrons. The number of halogens is 1. The van der Waals surface area contributed by atoms with E-state index < -0.39 is 11.6 Å². The van der Waals surface area contributed by atoms with Gasteiger partial charge in [-0.15, -0.1) is 0 Å². The molecule has 2 aliphatic heterocycles. The monoisotopic (exact) mass is 531 g/mol. The Labute approximate surface area is 226 Å². The van der Waals surface area contributed by atoms with Gasteiger partial charge in [-0.1, -0.05) is 60.1 Å². The number of phenolic OH excluding ortho intramolecular Hbond substituents is 1. The first kappa shape index (κ1) is 25.8. The second kappa shape index (κ2) is 10.5. The number of carbonyl (C=O) groups is 2. The van der Waals surface area contributed by atoms with E-state index in [2.05, 4.69) is 5.32 Å². The number of likely N-dealkylation sites (tertiary alicyclic amines) is 1. The highest BCUT2D eigenvalue weighted by Crippen LogP contribution is 2.44. The first-order valence-electron chi connectivity index (χ1n) is 12.6. The van der Waals surface area contributed by atoms with Crippen LogP contribution in [0, 0.1) is 6.92 Å². The number of hydrogen-bond donors (Lipinski definition) is 3. The first-order chi connectivity index (χ1) is 18.3. The molecule has 1 spiro atoms. The molecule has 38 heavy (non-hydrogen) atoms. The molecule has 2 aliphatic rings. The van der Waals surface area contributed by atoms with E-state index >= 15 is 0 Å². The van der Waals surface area contributed by atoms with Crippen molar-refractivity contribution in [1.29, 1.82) is 0 Å². The molecular formula is C30H30ClN3O4. The Balaban J connectivity index is 1.36. The molecule has 1 unspecified atom stereocenters. The molecule has 7 nitrogen and oxygen atoms in total. The fourth-order valence-electron chi connectivity index (χ4n) is 5.34. The van der Waals surface area contributed by atoms with Crippen molar-refractivity contribution in [2.45, 2.75) is 31.9 Å². The van der Waals surface area contributed by atoms with Crippen molar-refractivity contribution < 1.29 is 19.4 Å². The molecule has 2 heterocycles. The van der Waals surface area contributed by atoms with Crippen LogP contribution in [0.4, 0.5) is 0 Å². The minimum absolute atomic E-state index is 0.0969. The SMILES string of the molecule is Cc1cc(-c2ccccc2O)c(Cl)cc1C1=C(N)C2(CCCN(CC(=O)NCc3ccccc3)C2)OC1=O. The van der Waals surface area contributed by atoms with Crippen LogP contribution in [-0.2, 0) is 20.9 Å². The van der Waals surface area contributed by atoms with E-state index in [4.69, 9.17) is 22.1 Å². The lowest BCUT2D eigenvalue weighted by Crippen LogP contribution is -2.53. The van der Waals surface area contributed by atoms with Gasteiger partial charge in [-0.25, -0.2) is 4.79 Å². The molecule has 1 saturated heterocycles. The Hall–Kier alpha value is -3.81. The zero-order chi connectivity index (χ0) is 26.9. The van der Waals surface area contributed by atoms with Gasteiger partial charge in [-0.3, -0.25) is 9.69 Å². The summed E-state index contributed by atoms with van der Waals surface area (Å²) in [5.74, 6) is -0.470. The second-order valence-electron chi connectivity index (χ2n) is 9.91. The fourth-order valence-corrected chi connectivity index (χ4v) is 5.60. The molecule has 0 aromatic heterocycles. The maximum Gasteiger partial charge on any atom is 0.341 e. The van der Waals surface area contributed by atoms with E-state index in [0.717, 1.165) is 17.5 Å². The van der Waals surface area contributed by atoms with Crippen LogP contribution in [-0.4, -0.2) is 47.1 Å². The maximum absolute atomic E-state index is 13.2. The number of aryl methyl sites for hydroxylation is 1. The average molecular weight is 532 g/mol. The lowest BCUT2D eigenvalue weighted by Gasteiger charge is -2.39. The molecule has 3 aromatic carbocycles. The van der Waals surface area contributed by atoms with Crippen molar-refractivity contribution in [2.75, 3.05) is 19.6 Å². The number of rotatable bonds is 6. The number of esters is 1. The molecule has 3 aromatic rings. The number of hydrogen-bond acceptors (Lipinski definition) is 6. The number of piperidine rings is 1. The molecule has 1 atom stereocenters. The zero-order valence-corrected chi connectivity index (χ0v) is 21.9. The third-order valence-corrected chi connectivity index (χ3v) is 7.58. The van der Waals surface area contributed by atoms with E-state index in [1.165, 1.54) is 0 Å². The predicted octanol–water partition coefficient (Wildman–Crippen LogP) is 4.40. The van der Waals surface area contributed by atoms with Gasteiger partial charge >= 0.3 is 5.97 Å².